The van der Waals surface area contributed by atoms with Gasteiger partial charge in [-0.25, -0.2) is 13.4 Å². The molecule has 2 aliphatic rings. The van der Waals surface area contributed by atoms with E-state index in [9.17, 15) is 8.42 Å². The average Bonchev–Trinajstić information content (AvgIpc) is 3.24. The van der Waals surface area contributed by atoms with Crippen LogP contribution in [0.15, 0.2) is 46.2 Å². The van der Waals surface area contributed by atoms with E-state index in [4.69, 9.17) is 18.7 Å². The zero-order valence-electron chi connectivity index (χ0n) is 19.1. The van der Waals surface area contributed by atoms with Crippen LogP contribution >= 0.6 is 0 Å². The maximum Gasteiger partial charge on any atom is 0.272 e. The quantitative estimate of drug-likeness (QED) is 0.409. The number of pyridine rings is 1. The molecule has 1 fully saturated rings. The predicted molar refractivity (Wildman–Crippen MR) is 125 cm³/mol. The number of aromatic nitrogens is 4. The zero-order chi connectivity index (χ0) is 24.2. The van der Waals surface area contributed by atoms with E-state index in [1.165, 1.54) is 26.5 Å². The SMILES string of the molecule is COc1ccnc(OC)c1S(=O)(=O)Nc1noc2cc(Cn3cccn3)c3c(c12)OCCC31CC1. The molecule has 12 heteroatoms. The third-order valence-corrected chi connectivity index (χ3v) is 8.03. The molecule has 1 aliphatic carbocycles. The van der Waals surface area contributed by atoms with E-state index in [0.717, 1.165) is 30.4 Å². The summed E-state index contributed by atoms with van der Waals surface area (Å²) < 4.78 is 53.5. The summed E-state index contributed by atoms with van der Waals surface area (Å²) in [6.45, 7) is 1.08. The molecule has 35 heavy (non-hydrogen) atoms. The molecule has 0 amide bonds. The lowest BCUT2D eigenvalue weighted by Gasteiger charge is -2.29. The van der Waals surface area contributed by atoms with Crippen LogP contribution in [0.1, 0.15) is 30.4 Å². The second-order valence-electron chi connectivity index (χ2n) is 8.68. The fraction of sp³-hybridized carbons (Fsp3) is 0.348. The first-order valence-electron chi connectivity index (χ1n) is 11.1. The number of benzene rings is 1. The Balaban J connectivity index is 1.49. The number of ether oxygens (including phenoxy) is 3. The van der Waals surface area contributed by atoms with Crippen LogP contribution in [0.4, 0.5) is 5.82 Å². The fourth-order valence-electron chi connectivity index (χ4n) is 4.88. The molecule has 0 radical (unpaired) electrons. The van der Waals surface area contributed by atoms with Gasteiger partial charge in [0.1, 0.15) is 16.9 Å². The molecule has 11 nitrogen and oxygen atoms in total. The lowest BCUT2D eigenvalue weighted by Crippen LogP contribution is -2.23. The lowest BCUT2D eigenvalue weighted by molar-refractivity contribution is 0.262. The van der Waals surface area contributed by atoms with Gasteiger partial charge in [-0.3, -0.25) is 9.40 Å². The van der Waals surface area contributed by atoms with Gasteiger partial charge in [-0.2, -0.15) is 5.10 Å². The van der Waals surface area contributed by atoms with Gasteiger partial charge in [0.2, 0.25) is 5.88 Å². The van der Waals surface area contributed by atoms with Crippen molar-refractivity contribution in [2.24, 2.45) is 0 Å². The summed E-state index contributed by atoms with van der Waals surface area (Å²) in [6.07, 6.45) is 8.05. The Kier molecular flexibility index (Phi) is 4.88. The molecular weight excluding hydrogens is 474 g/mol. The van der Waals surface area contributed by atoms with Crippen molar-refractivity contribution in [2.45, 2.75) is 36.1 Å². The molecule has 0 unspecified atom stereocenters. The number of methoxy groups -OCH3 is 2. The van der Waals surface area contributed by atoms with Crippen LogP contribution in [0.2, 0.25) is 0 Å². The summed E-state index contributed by atoms with van der Waals surface area (Å²) in [5.41, 5.74) is 2.54. The topological polar surface area (TPSA) is 131 Å². The number of nitrogens with one attached hydrogen (secondary N) is 1. The van der Waals surface area contributed by atoms with Gasteiger partial charge in [-0.15, -0.1) is 0 Å². The normalized spacial score (nSPS) is 16.1. The number of rotatable bonds is 7. The van der Waals surface area contributed by atoms with E-state index in [2.05, 4.69) is 20.0 Å². The first-order chi connectivity index (χ1) is 17.0. The van der Waals surface area contributed by atoms with Crippen LogP contribution in [0.3, 0.4) is 0 Å². The summed E-state index contributed by atoms with van der Waals surface area (Å²) in [7, 11) is -1.49. The molecule has 4 heterocycles. The molecule has 0 bridgehead atoms. The Morgan fingerprint density at radius 2 is 2.06 bits per heavy atom. The number of hydrogen-bond donors (Lipinski definition) is 1. The molecule has 1 N–H and O–H groups in total. The van der Waals surface area contributed by atoms with Gasteiger partial charge in [-0.05, 0) is 37.0 Å². The number of nitrogens with zero attached hydrogens (tertiary/aromatic N) is 4. The first-order valence-corrected chi connectivity index (χ1v) is 12.6. The second-order valence-corrected chi connectivity index (χ2v) is 10.3. The van der Waals surface area contributed by atoms with Crippen LogP contribution in [0, 0.1) is 0 Å². The molecular formula is C23H23N5O6S. The molecule has 1 spiro atoms. The van der Waals surface area contributed by atoms with Crippen molar-refractivity contribution in [3.63, 3.8) is 0 Å². The van der Waals surface area contributed by atoms with Crippen LogP contribution in [-0.4, -0.2) is 49.2 Å². The molecule has 6 rings (SSSR count). The van der Waals surface area contributed by atoms with Crippen molar-refractivity contribution in [1.29, 1.82) is 0 Å². The molecule has 3 aromatic heterocycles. The van der Waals surface area contributed by atoms with Crippen molar-refractivity contribution in [3.05, 3.63) is 47.9 Å². The van der Waals surface area contributed by atoms with Crippen molar-refractivity contribution in [3.8, 4) is 17.4 Å². The van der Waals surface area contributed by atoms with Gasteiger partial charge in [0.15, 0.2) is 16.3 Å². The molecule has 0 atom stereocenters. The van der Waals surface area contributed by atoms with E-state index in [-0.39, 0.29) is 27.8 Å². The van der Waals surface area contributed by atoms with Crippen molar-refractivity contribution in [1.82, 2.24) is 19.9 Å². The van der Waals surface area contributed by atoms with Crippen LogP contribution < -0.4 is 18.9 Å². The lowest BCUT2D eigenvalue weighted by atomic mass is 9.85. The number of anilines is 1. The monoisotopic (exact) mass is 497 g/mol. The van der Waals surface area contributed by atoms with Gasteiger partial charge in [0.25, 0.3) is 10.0 Å². The fourth-order valence-corrected chi connectivity index (χ4v) is 6.16. The minimum absolute atomic E-state index is 0.0213. The van der Waals surface area contributed by atoms with Crippen molar-refractivity contribution >= 4 is 26.8 Å². The number of fused-ring (bicyclic) bond motifs is 4. The third kappa shape index (κ3) is 3.47. The first kappa shape index (κ1) is 21.7. The maximum absolute atomic E-state index is 13.4. The van der Waals surface area contributed by atoms with Gasteiger partial charge in [0.05, 0.1) is 27.4 Å². The van der Waals surface area contributed by atoms with E-state index in [1.54, 1.807) is 6.20 Å². The summed E-state index contributed by atoms with van der Waals surface area (Å²) in [5, 5.41) is 8.89. The summed E-state index contributed by atoms with van der Waals surface area (Å²) in [6, 6.07) is 5.22. The summed E-state index contributed by atoms with van der Waals surface area (Å²) in [4.78, 5) is 3.78. The minimum Gasteiger partial charge on any atom is -0.495 e. The standard InChI is InChI=1S/C23H23N5O6S/c1-31-15-4-9-24-22(32-2)20(15)35(29,30)27-21-17-16(34-26-21)12-14(13-28-10-3-8-25-28)18-19(17)33-11-7-23(18)5-6-23/h3-4,8-10,12H,5-7,11,13H2,1-2H3,(H,26,27). The Morgan fingerprint density at radius 1 is 1.20 bits per heavy atom. The predicted octanol–water partition coefficient (Wildman–Crippen LogP) is 3.10. The molecule has 1 aromatic carbocycles. The third-order valence-electron chi connectivity index (χ3n) is 6.65. The highest BCUT2D eigenvalue weighted by atomic mass is 32.2. The summed E-state index contributed by atoms with van der Waals surface area (Å²) >= 11 is 0. The average molecular weight is 498 g/mol. The van der Waals surface area contributed by atoms with Gasteiger partial charge in [-0.1, -0.05) is 5.16 Å². The van der Waals surface area contributed by atoms with Gasteiger partial charge < -0.3 is 18.7 Å². The highest BCUT2D eigenvalue weighted by molar-refractivity contribution is 7.93. The molecule has 182 valence electrons. The smallest absolute Gasteiger partial charge is 0.272 e. The zero-order valence-corrected chi connectivity index (χ0v) is 20.0. The van der Waals surface area contributed by atoms with Gasteiger partial charge >= 0.3 is 0 Å². The van der Waals surface area contributed by atoms with Gasteiger partial charge in [0, 0.05) is 35.6 Å². The van der Waals surface area contributed by atoms with E-state index in [1.807, 2.05) is 23.0 Å². The number of hydrogen-bond acceptors (Lipinski definition) is 9. The Labute approximate surface area is 201 Å². The molecule has 1 saturated carbocycles. The van der Waals surface area contributed by atoms with Crippen molar-refractivity contribution < 1.29 is 27.2 Å². The maximum atomic E-state index is 13.4. The Bertz CT molecular complexity index is 1500. The van der Waals surface area contributed by atoms with Crippen LogP contribution in [0.5, 0.6) is 17.4 Å². The van der Waals surface area contributed by atoms with E-state index >= 15 is 0 Å². The molecule has 0 saturated heterocycles. The summed E-state index contributed by atoms with van der Waals surface area (Å²) in [5.74, 6) is 0.639. The van der Waals surface area contributed by atoms with E-state index < -0.39 is 10.0 Å². The highest BCUT2D eigenvalue weighted by Gasteiger charge is 2.50. The Morgan fingerprint density at radius 3 is 2.77 bits per heavy atom. The highest BCUT2D eigenvalue weighted by Crippen LogP contribution is 2.59. The Hall–Kier alpha value is -3.80. The largest absolute Gasteiger partial charge is 0.495 e. The second kappa shape index (κ2) is 7.87. The molecule has 1 aliphatic heterocycles. The van der Waals surface area contributed by atoms with Crippen LogP contribution in [0.25, 0.3) is 11.0 Å². The molecule has 4 aromatic rings. The van der Waals surface area contributed by atoms with Crippen LogP contribution in [-0.2, 0) is 22.0 Å². The minimum atomic E-state index is -4.21. The number of sulfonamides is 1. The van der Waals surface area contributed by atoms with Crippen molar-refractivity contribution in [2.75, 3.05) is 25.5 Å². The van der Waals surface area contributed by atoms with E-state index in [0.29, 0.717) is 29.9 Å².